The van der Waals surface area contributed by atoms with Gasteiger partial charge in [0.25, 0.3) is 0 Å². The summed E-state index contributed by atoms with van der Waals surface area (Å²) in [5, 5.41) is 26.0. The van der Waals surface area contributed by atoms with E-state index in [1.807, 2.05) is 6.92 Å². The Balaban J connectivity index is 0. The van der Waals surface area contributed by atoms with Crippen molar-refractivity contribution in [2.45, 2.75) is 25.3 Å². The van der Waals surface area contributed by atoms with Crippen molar-refractivity contribution >= 4 is 35.8 Å². The van der Waals surface area contributed by atoms with E-state index in [2.05, 4.69) is 39.5 Å². The smallest absolute Gasteiger partial charge is 0.396 e. The Kier molecular flexibility index (Phi) is 19.6. The molecule has 0 amide bonds. The van der Waals surface area contributed by atoms with E-state index in [0.717, 1.165) is 0 Å². The van der Waals surface area contributed by atoms with Gasteiger partial charge in [0.05, 0.1) is 19.8 Å². The second-order valence-electron chi connectivity index (χ2n) is 7.94. The predicted molar refractivity (Wildman–Crippen MR) is 148 cm³/mol. The summed E-state index contributed by atoms with van der Waals surface area (Å²) in [6.45, 7) is 18.0. The summed E-state index contributed by atoms with van der Waals surface area (Å²) in [6.07, 6.45) is 4.38. The van der Waals surface area contributed by atoms with Crippen LogP contribution in [0, 0.1) is 5.41 Å². The van der Waals surface area contributed by atoms with Gasteiger partial charge < -0.3 is 48.5 Å². The number of aliphatic hydroxyl groups excluding tert-OH is 3. The highest BCUT2D eigenvalue weighted by atomic mass is 16.9. The van der Waals surface area contributed by atoms with Crippen LogP contribution >= 0.6 is 0 Å². The zero-order valence-electron chi connectivity index (χ0n) is 24.1. The average molecular weight is 629 g/mol. The molecule has 16 nitrogen and oxygen atoms in total. The summed E-state index contributed by atoms with van der Waals surface area (Å²) < 4.78 is 34.1. The Bertz CT molecular complexity index is 884. The van der Waals surface area contributed by atoms with Crippen LogP contribution in [0.25, 0.3) is 0 Å². The van der Waals surface area contributed by atoms with Gasteiger partial charge in [0.2, 0.25) is 0 Å². The molecule has 0 saturated carbocycles. The highest BCUT2D eigenvalue weighted by Gasteiger charge is 2.48. The fraction of sp³-hybridized carbons (Fsp3) is 0.357. The first-order valence-corrected chi connectivity index (χ1v) is 12.2. The maximum absolute atomic E-state index is 11.8. The summed E-state index contributed by atoms with van der Waals surface area (Å²) in [5.41, 5.74) is -0.667. The van der Waals surface area contributed by atoms with Crippen LogP contribution in [0.5, 0.6) is 0 Å². The molecule has 0 fully saturated rings. The first-order valence-electron chi connectivity index (χ1n) is 12.2. The van der Waals surface area contributed by atoms with Gasteiger partial charge in [-0.05, 0) is 6.42 Å². The lowest BCUT2D eigenvalue weighted by atomic mass is 9.88. The molecule has 0 atom stereocenters. The summed E-state index contributed by atoms with van der Waals surface area (Å²) in [6, 6.07) is 0. The van der Waals surface area contributed by atoms with E-state index in [4.69, 9.17) is 48.5 Å². The Morgan fingerprint density at radius 1 is 0.500 bits per heavy atom. The van der Waals surface area contributed by atoms with Gasteiger partial charge in [0.1, 0.15) is 0 Å². The zero-order valence-corrected chi connectivity index (χ0v) is 24.1. The minimum absolute atomic E-state index is 0.156. The third-order valence-electron chi connectivity index (χ3n) is 4.85. The van der Waals surface area contributed by atoms with Crippen molar-refractivity contribution in [3.05, 3.63) is 75.9 Å². The number of carbonyl (C=O) groups is 6. The minimum atomic E-state index is -2.92. The molecular formula is C28H36O16. The molecule has 0 bridgehead atoms. The molecule has 0 unspecified atom stereocenters. The van der Waals surface area contributed by atoms with Crippen LogP contribution in [0.3, 0.4) is 0 Å². The largest absolute Gasteiger partial charge is 0.449 e. The molecule has 0 aliphatic carbocycles. The number of ether oxygens (including phenoxy) is 7. The molecule has 16 heteroatoms. The van der Waals surface area contributed by atoms with Crippen LogP contribution in [0.4, 0.5) is 0 Å². The Labute approximate surface area is 253 Å². The van der Waals surface area contributed by atoms with Crippen LogP contribution in [0.15, 0.2) is 75.9 Å². The van der Waals surface area contributed by atoms with Crippen LogP contribution in [-0.4, -0.2) is 96.1 Å². The molecule has 44 heavy (non-hydrogen) atoms. The summed E-state index contributed by atoms with van der Waals surface area (Å²) >= 11 is 0. The zero-order chi connectivity index (χ0) is 34.4. The lowest BCUT2D eigenvalue weighted by molar-refractivity contribution is -0.365. The number of rotatable bonds is 20. The molecule has 0 spiro atoms. The monoisotopic (exact) mass is 628 g/mol. The van der Waals surface area contributed by atoms with Crippen molar-refractivity contribution in [3.63, 3.8) is 0 Å². The highest BCUT2D eigenvalue weighted by molar-refractivity contribution is 5.86. The van der Waals surface area contributed by atoms with Crippen molar-refractivity contribution in [2.24, 2.45) is 5.41 Å². The summed E-state index contributed by atoms with van der Waals surface area (Å²) in [5.74, 6) is -13.3. The number of carbonyl (C=O) groups excluding carboxylic acids is 6. The molecule has 0 aromatic heterocycles. The molecule has 0 rings (SSSR count). The Morgan fingerprint density at radius 2 is 0.705 bits per heavy atom. The third-order valence-corrected chi connectivity index (χ3v) is 4.85. The fourth-order valence-electron chi connectivity index (χ4n) is 2.26. The van der Waals surface area contributed by atoms with Gasteiger partial charge in [-0.15, -0.1) is 0 Å². The fourth-order valence-corrected chi connectivity index (χ4v) is 2.26. The van der Waals surface area contributed by atoms with E-state index in [-0.39, 0.29) is 19.8 Å². The minimum Gasteiger partial charge on any atom is -0.396 e. The molecule has 0 aliphatic heterocycles. The van der Waals surface area contributed by atoms with E-state index in [0.29, 0.717) is 42.9 Å². The quantitative estimate of drug-likeness (QED) is 0.0918. The van der Waals surface area contributed by atoms with Gasteiger partial charge in [-0.1, -0.05) is 46.4 Å². The number of hydrogen-bond acceptors (Lipinski definition) is 16. The molecular weight excluding hydrogens is 592 g/mol. The SMILES string of the molecule is C=CC(=O)OC(COCC(OC(=O)C=C)(OC(=O)C=C)OC(=O)C=C)(OC(=O)C=C)OC(=O)C=C.CCC(CO)(CO)CO. The summed E-state index contributed by atoms with van der Waals surface area (Å²) in [4.78, 5) is 70.9. The highest BCUT2D eigenvalue weighted by Crippen LogP contribution is 2.23. The number of aliphatic hydroxyl groups is 3. The molecule has 0 heterocycles. The van der Waals surface area contributed by atoms with Crippen LogP contribution in [-0.2, 0) is 61.9 Å². The number of hydrogen-bond donors (Lipinski definition) is 3. The maximum atomic E-state index is 11.8. The summed E-state index contributed by atoms with van der Waals surface area (Å²) in [7, 11) is 0. The van der Waals surface area contributed by atoms with Gasteiger partial charge in [-0.2, -0.15) is 0 Å². The molecule has 0 aliphatic rings. The topological polar surface area (TPSA) is 228 Å². The second kappa shape index (κ2) is 20.9. The first kappa shape index (κ1) is 41.2. The van der Waals surface area contributed by atoms with E-state index < -0.39 is 66.4 Å². The van der Waals surface area contributed by atoms with E-state index in [9.17, 15) is 28.8 Å². The predicted octanol–water partition coefficient (Wildman–Crippen LogP) is 0.0455. The standard InChI is InChI=1S/C22H22O13.C6H14O3/c1-7-15(23)30-21(31-16(24)8-2,32-17(25)9-3)13-29-14-22(33-18(26)10-4,34-19(27)11-5)35-20(28)12-6;1-2-6(3-7,4-8)5-9/h7-12H,1-6,13-14H2;7-9H,2-5H2,1H3. The molecule has 0 aromatic carbocycles. The Hall–Kier alpha value is -4.90. The lowest BCUT2D eigenvalue weighted by Crippen LogP contribution is -2.51. The van der Waals surface area contributed by atoms with Crippen molar-refractivity contribution in [2.75, 3.05) is 33.0 Å². The molecule has 0 saturated heterocycles. The average Bonchev–Trinajstić information content (AvgIpc) is 3.02. The molecule has 0 radical (unpaired) electrons. The third kappa shape index (κ3) is 14.8. The molecule has 244 valence electrons. The van der Waals surface area contributed by atoms with Crippen LogP contribution < -0.4 is 0 Å². The number of esters is 6. The van der Waals surface area contributed by atoms with Gasteiger partial charge >= 0.3 is 47.8 Å². The first-order chi connectivity index (χ1) is 20.7. The van der Waals surface area contributed by atoms with E-state index in [1.165, 1.54) is 0 Å². The normalized spacial score (nSPS) is 10.6. The van der Waals surface area contributed by atoms with Crippen LogP contribution in [0.2, 0.25) is 0 Å². The Morgan fingerprint density at radius 3 is 0.818 bits per heavy atom. The van der Waals surface area contributed by atoms with Gasteiger partial charge in [0, 0.05) is 41.9 Å². The molecule has 0 aromatic rings. The second-order valence-corrected chi connectivity index (χ2v) is 7.94. The van der Waals surface area contributed by atoms with Crippen molar-refractivity contribution in [3.8, 4) is 0 Å². The van der Waals surface area contributed by atoms with Crippen molar-refractivity contribution in [1.29, 1.82) is 0 Å². The van der Waals surface area contributed by atoms with E-state index >= 15 is 0 Å². The van der Waals surface area contributed by atoms with Crippen molar-refractivity contribution in [1.82, 2.24) is 0 Å². The van der Waals surface area contributed by atoms with Crippen LogP contribution in [0.1, 0.15) is 13.3 Å². The molecule has 3 N–H and O–H groups in total. The maximum Gasteiger partial charge on any atom is 0.449 e. The van der Waals surface area contributed by atoms with Gasteiger partial charge in [-0.3, -0.25) is 0 Å². The van der Waals surface area contributed by atoms with Gasteiger partial charge in [0.15, 0.2) is 13.2 Å². The van der Waals surface area contributed by atoms with Gasteiger partial charge in [-0.25, -0.2) is 28.8 Å². The van der Waals surface area contributed by atoms with Crippen molar-refractivity contribution < 1.29 is 77.2 Å². The van der Waals surface area contributed by atoms with E-state index in [1.54, 1.807) is 0 Å². The lowest BCUT2D eigenvalue weighted by Gasteiger charge is -2.32.